The van der Waals surface area contributed by atoms with Crippen LogP contribution >= 0.6 is 0 Å². The molecule has 0 unspecified atom stereocenters. The van der Waals surface area contributed by atoms with Gasteiger partial charge in [0.05, 0.1) is 5.56 Å². The number of rotatable bonds is 2. The van der Waals surface area contributed by atoms with Crippen molar-refractivity contribution < 1.29 is 46.1 Å². The van der Waals surface area contributed by atoms with Gasteiger partial charge in [0.2, 0.25) is 0 Å². The van der Waals surface area contributed by atoms with Gasteiger partial charge in [0.1, 0.15) is 23.9 Å². The quantitative estimate of drug-likeness (QED) is 0.508. The summed E-state index contributed by atoms with van der Waals surface area (Å²) in [7, 11) is 0. The summed E-state index contributed by atoms with van der Waals surface area (Å²) in [5.74, 6) is -2.18. The summed E-state index contributed by atoms with van der Waals surface area (Å²) in [5, 5.41) is 2.41. The maximum absolute atomic E-state index is 13.6. The third kappa shape index (κ3) is 4.53. The van der Waals surface area contributed by atoms with Gasteiger partial charge in [-0.1, -0.05) is 12.8 Å². The van der Waals surface area contributed by atoms with Crippen LogP contribution in [-0.4, -0.2) is 48.2 Å². The van der Waals surface area contributed by atoms with E-state index in [-0.39, 0.29) is 16.7 Å². The molecular formula is C28H30F3NO8. The molecule has 2 saturated carbocycles. The summed E-state index contributed by atoms with van der Waals surface area (Å²) in [6.07, 6.45) is 0.231. The minimum absolute atomic E-state index is 0.140. The smallest absolute Gasteiger partial charge is 0.417 e. The first-order chi connectivity index (χ1) is 19.1. The highest BCUT2D eigenvalue weighted by atomic mass is 19.4. The van der Waals surface area contributed by atoms with Crippen LogP contribution in [0.2, 0.25) is 0 Å². The number of anilines is 1. The van der Waals surface area contributed by atoms with Crippen molar-refractivity contribution in [3.05, 3.63) is 40.2 Å². The first kappa shape index (κ1) is 26.4. The average molecular weight is 566 g/mol. The van der Waals surface area contributed by atoms with Crippen LogP contribution in [0.25, 0.3) is 11.0 Å². The standard InChI is InChI=1S/C28H30F3NO8/c29-28(30,31)17-14-19(33)35-18-13-15(7-8-16(17)18)32-24(34)22-20-21(38-26(37-20)9-3-1-4-10-26)23-25(36-22)40-27(39-23)11-5-2-6-12-27/h7-8,13-14,20-23,25H,1-6,9-12H2,(H,32,34)/t20-,21-,22-,23-,25-/m1/s1. The first-order valence-corrected chi connectivity index (χ1v) is 14.0. The molecule has 1 aromatic heterocycles. The van der Waals surface area contributed by atoms with Crippen molar-refractivity contribution in [2.45, 2.75) is 113 Å². The van der Waals surface area contributed by atoms with E-state index in [1.54, 1.807) is 0 Å². The molecule has 40 heavy (non-hydrogen) atoms. The zero-order chi connectivity index (χ0) is 27.7. The fraction of sp³-hybridized carbons (Fsp3) is 0.643. The lowest BCUT2D eigenvalue weighted by atomic mass is 9.94. The molecule has 1 amide bonds. The molecule has 2 aliphatic carbocycles. The summed E-state index contributed by atoms with van der Waals surface area (Å²) in [6.45, 7) is 0. The number of benzene rings is 1. The van der Waals surface area contributed by atoms with E-state index in [1.807, 2.05) is 0 Å². The van der Waals surface area contributed by atoms with Gasteiger partial charge < -0.3 is 33.4 Å². The molecule has 3 saturated heterocycles. The number of hydrogen-bond acceptors (Lipinski definition) is 8. The van der Waals surface area contributed by atoms with E-state index in [0.717, 1.165) is 57.4 Å². The van der Waals surface area contributed by atoms with Gasteiger partial charge in [0.25, 0.3) is 5.91 Å². The van der Waals surface area contributed by atoms with Crippen LogP contribution < -0.4 is 10.9 Å². The highest BCUT2D eigenvalue weighted by molar-refractivity contribution is 5.97. The first-order valence-electron chi connectivity index (χ1n) is 14.0. The molecule has 2 aromatic rings. The minimum atomic E-state index is -4.74. The molecule has 5 atom stereocenters. The highest BCUT2D eigenvalue weighted by Crippen LogP contribution is 2.51. The molecule has 12 heteroatoms. The predicted octanol–water partition coefficient (Wildman–Crippen LogP) is 5.00. The molecule has 0 bridgehead atoms. The Labute approximate surface area is 227 Å². The van der Waals surface area contributed by atoms with Crippen molar-refractivity contribution in [3.8, 4) is 0 Å². The molecule has 4 heterocycles. The fourth-order valence-corrected chi connectivity index (χ4v) is 6.86. The van der Waals surface area contributed by atoms with Gasteiger partial charge in [-0.05, 0) is 37.8 Å². The Kier molecular flexibility index (Phi) is 6.28. The predicted molar refractivity (Wildman–Crippen MR) is 132 cm³/mol. The lowest BCUT2D eigenvalue weighted by Gasteiger charge is -2.36. The Hall–Kier alpha value is -2.51. The van der Waals surface area contributed by atoms with Crippen LogP contribution in [0.3, 0.4) is 0 Å². The Bertz CT molecular complexity index is 1360. The molecule has 1 N–H and O–H groups in total. The summed E-state index contributed by atoms with van der Waals surface area (Å²) in [4.78, 5) is 25.4. The maximum Gasteiger partial charge on any atom is 0.417 e. The number of nitrogens with one attached hydrogen (secondary N) is 1. The van der Waals surface area contributed by atoms with E-state index in [9.17, 15) is 22.8 Å². The fourth-order valence-electron chi connectivity index (χ4n) is 6.86. The van der Waals surface area contributed by atoms with E-state index in [0.29, 0.717) is 18.9 Å². The van der Waals surface area contributed by atoms with Gasteiger partial charge in [0, 0.05) is 48.9 Å². The highest BCUT2D eigenvalue weighted by Gasteiger charge is 2.65. The van der Waals surface area contributed by atoms with E-state index < -0.39 is 65.6 Å². The lowest BCUT2D eigenvalue weighted by Crippen LogP contribution is -2.58. The zero-order valence-corrected chi connectivity index (χ0v) is 21.7. The number of fused-ring (bicyclic) bond motifs is 4. The molecule has 5 aliphatic rings. The molecule has 9 nitrogen and oxygen atoms in total. The van der Waals surface area contributed by atoms with Gasteiger partial charge in [-0.2, -0.15) is 13.2 Å². The van der Waals surface area contributed by atoms with Crippen molar-refractivity contribution in [2.75, 3.05) is 5.32 Å². The maximum atomic E-state index is 13.6. The number of amides is 1. The van der Waals surface area contributed by atoms with Crippen LogP contribution in [0.15, 0.2) is 33.5 Å². The lowest BCUT2D eigenvalue weighted by molar-refractivity contribution is -0.246. The molecule has 7 rings (SSSR count). The van der Waals surface area contributed by atoms with Crippen LogP contribution in [-0.2, 0) is 34.7 Å². The van der Waals surface area contributed by atoms with Crippen LogP contribution in [0.4, 0.5) is 18.9 Å². The van der Waals surface area contributed by atoms with E-state index in [2.05, 4.69) is 5.32 Å². The number of alkyl halides is 3. The number of halogens is 3. The SMILES string of the molecule is O=C(Nc1ccc2c(C(F)(F)F)cc(=O)oc2c1)[C@@H]1O[C@@H]2OC3(CCCCC3)O[C@@H]2[C@@H]2OC3(CCCCC3)O[C@H]21. The number of hydrogen-bond donors (Lipinski definition) is 1. The summed E-state index contributed by atoms with van der Waals surface area (Å²) < 4.78 is 77.4. The van der Waals surface area contributed by atoms with Gasteiger partial charge in [-0.25, -0.2) is 4.79 Å². The third-order valence-corrected chi connectivity index (χ3v) is 8.69. The van der Waals surface area contributed by atoms with Crippen LogP contribution in [0.5, 0.6) is 0 Å². The molecule has 2 spiro atoms. The Morgan fingerprint density at radius 2 is 1.45 bits per heavy atom. The van der Waals surface area contributed by atoms with Crippen molar-refractivity contribution in [3.63, 3.8) is 0 Å². The normalized spacial score (nSPS) is 32.7. The van der Waals surface area contributed by atoms with Crippen molar-refractivity contribution in [1.29, 1.82) is 0 Å². The topological polar surface area (TPSA) is 105 Å². The van der Waals surface area contributed by atoms with Gasteiger partial charge >= 0.3 is 11.8 Å². The monoisotopic (exact) mass is 565 g/mol. The molecule has 216 valence electrons. The Morgan fingerprint density at radius 3 is 2.12 bits per heavy atom. The summed E-state index contributed by atoms with van der Waals surface area (Å²) >= 11 is 0. The Morgan fingerprint density at radius 1 is 0.825 bits per heavy atom. The van der Waals surface area contributed by atoms with Gasteiger partial charge in [-0.15, -0.1) is 0 Å². The molecule has 3 aliphatic heterocycles. The molecule has 5 fully saturated rings. The second-order valence-electron chi connectivity index (χ2n) is 11.4. The second-order valence-corrected chi connectivity index (χ2v) is 11.4. The third-order valence-electron chi connectivity index (χ3n) is 8.69. The zero-order valence-electron chi connectivity index (χ0n) is 21.7. The molecular weight excluding hydrogens is 535 g/mol. The largest absolute Gasteiger partial charge is 0.423 e. The van der Waals surface area contributed by atoms with E-state index >= 15 is 0 Å². The summed E-state index contributed by atoms with van der Waals surface area (Å²) in [5.41, 5.74) is -2.41. The van der Waals surface area contributed by atoms with Crippen molar-refractivity contribution in [2.24, 2.45) is 0 Å². The van der Waals surface area contributed by atoms with Crippen LogP contribution in [0.1, 0.15) is 69.8 Å². The van der Waals surface area contributed by atoms with E-state index in [4.69, 9.17) is 28.1 Å². The van der Waals surface area contributed by atoms with Crippen molar-refractivity contribution in [1.82, 2.24) is 0 Å². The molecule has 0 radical (unpaired) electrons. The number of carbonyl (C=O) groups is 1. The Balaban J connectivity index is 1.17. The number of ether oxygens (including phenoxy) is 5. The average Bonchev–Trinajstić information content (AvgIpc) is 3.45. The molecule has 1 aromatic carbocycles. The number of carbonyl (C=O) groups excluding carboxylic acids is 1. The van der Waals surface area contributed by atoms with Gasteiger partial charge in [-0.3, -0.25) is 4.79 Å². The van der Waals surface area contributed by atoms with Crippen molar-refractivity contribution >= 4 is 22.6 Å². The van der Waals surface area contributed by atoms with Crippen LogP contribution in [0, 0.1) is 0 Å². The minimum Gasteiger partial charge on any atom is -0.423 e. The summed E-state index contributed by atoms with van der Waals surface area (Å²) in [6, 6.07) is 4.08. The second kappa shape index (κ2) is 9.52. The van der Waals surface area contributed by atoms with Gasteiger partial charge in [0.15, 0.2) is 24.0 Å². The van der Waals surface area contributed by atoms with E-state index in [1.165, 1.54) is 12.1 Å².